The summed E-state index contributed by atoms with van der Waals surface area (Å²) in [5.74, 6) is 0. The van der Waals surface area contributed by atoms with Crippen molar-refractivity contribution in [1.29, 1.82) is 0 Å². The van der Waals surface area contributed by atoms with Gasteiger partial charge in [0.25, 0.3) is 0 Å². The number of nitrogens with one attached hydrogen (secondary N) is 2. The van der Waals surface area contributed by atoms with E-state index in [1.54, 1.807) is 6.07 Å². The Morgan fingerprint density at radius 3 is 2.45 bits per heavy atom. The molecule has 0 fully saturated rings. The van der Waals surface area contributed by atoms with Crippen LogP contribution in [0.2, 0.25) is 10.0 Å². The maximum Gasteiger partial charge on any atom is 0.315 e. The number of hydrogen-bond acceptors (Lipinski definition) is 3. The van der Waals surface area contributed by atoms with E-state index >= 15 is 0 Å². The van der Waals surface area contributed by atoms with Crippen molar-refractivity contribution >= 4 is 44.9 Å². The number of anilines is 1. The zero-order chi connectivity index (χ0) is 16.9. The number of hydrogen-bond donors (Lipinski definition) is 2. The van der Waals surface area contributed by atoms with E-state index in [1.165, 1.54) is 12.1 Å². The van der Waals surface area contributed by atoms with E-state index in [0.717, 1.165) is 10.6 Å². The van der Waals surface area contributed by atoms with E-state index < -0.39 is 10.0 Å². The summed E-state index contributed by atoms with van der Waals surface area (Å²) in [6, 6.07) is 4.19. The molecule has 0 aliphatic heterocycles. The van der Waals surface area contributed by atoms with Crippen LogP contribution in [0.1, 0.15) is 13.8 Å². The molecule has 9 heteroatoms. The summed E-state index contributed by atoms with van der Waals surface area (Å²) >= 11 is 11.9. The molecule has 0 atom stereocenters. The van der Waals surface area contributed by atoms with Crippen LogP contribution in [0.5, 0.6) is 0 Å². The molecule has 0 aliphatic carbocycles. The van der Waals surface area contributed by atoms with E-state index in [-0.39, 0.29) is 30.2 Å². The van der Waals surface area contributed by atoms with Gasteiger partial charge >= 0.3 is 6.03 Å². The van der Waals surface area contributed by atoms with Crippen molar-refractivity contribution in [2.75, 3.05) is 23.7 Å². The SMILES string of the molecule is CC(C)NC(=O)NCCN(c1ccc(Cl)cc1Cl)S(C)(=O)=O. The number of sulfonamides is 1. The Labute approximate surface area is 140 Å². The number of rotatable bonds is 6. The minimum absolute atomic E-state index is 0.00304. The summed E-state index contributed by atoms with van der Waals surface area (Å²) in [6.45, 7) is 3.86. The molecule has 0 spiro atoms. The van der Waals surface area contributed by atoms with Crippen LogP contribution in [0.3, 0.4) is 0 Å². The van der Waals surface area contributed by atoms with Crippen LogP contribution in [-0.4, -0.2) is 39.8 Å². The molecule has 0 heterocycles. The topological polar surface area (TPSA) is 78.5 Å². The van der Waals surface area contributed by atoms with Crippen LogP contribution in [0.15, 0.2) is 18.2 Å². The lowest BCUT2D eigenvalue weighted by Gasteiger charge is -2.23. The lowest BCUT2D eigenvalue weighted by molar-refractivity contribution is 0.239. The fourth-order valence-electron chi connectivity index (χ4n) is 1.73. The van der Waals surface area contributed by atoms with E-state index in [1.807, 2.05) is 13.8 Å². The summed E-state index contributed by atoms with van der Waals surface area (Å²) < 4.78 is 25.0. The third kappa shape index (κ3) is 5.90. The second-order valence-electron chi connectivity index (χ2n) is 4.99. The molecule has 0 saturated heterocycles. The molecule has 0 unspecified atom stereocenters. The lowest BCUT2D eigenvalue weighted by Crippen LogP contribution is -2.44. The second kappa shape index (κ2) is 7.89. The standard InChI is InChI=1S/C13H19Cl2N3O3S/c1-9(2)17-13(19)16-6-7-18(22(3,20)21)12-5-4-10(14)8-11(12)15/h4-5,8-9H,6-7H2,1-3H3,(H2,16,17,19). The van der Waals surface area contributed by atoms with Gasteiger partial charge in [0.1, 0.15) is 0 Å². The van der Waals surface area contributed by atoms with Crippen LogP contribution in [0, 0.1) is 0 Å². The summed E-state index contributed by atoms with van der Waals surface area (Å²) in [6.07, 6.45) is 1.08. The highest BCUT2D eigenvalue weighted by atomic mass is 35.5. The highest BCUT2D eigenvalue weighted by molar-refractivity contribution is 7.92. The van der Waals surface area contributed by atoms with E-state index in [9.17, 15) is 13.2 Å². The highest BCUT2D eigenvalue weighted by Crippen LogP contribution is 2.30. The summed E-state index contributed by atoms with van der Waals surface area (Å²) in [5.41, 5.74) is 0.319. The number of amides is 2. The molecule has 1 aromatic rings. The van der Waals surface area contributed by atoms with Crippen molar-refractivity contribution in [2.45, 2.75) is 19.9 Å². The maximum absolute atomic E-state index is 11.9. The molecule has 0 aromatic heterocycles. The largest absolute Gasteiger partial charge is 0.336 e. The maximum atomic E-state index is 11.9. The Hall–Kier alpha value is -1.18. The van der Waals surface area contributed by atoms with Crippen molar-refractivity contribution in [1.82, 2.24) is 10.6 Å². The average molecular weight is 368 g/mol. The third-order valence-corrected chi connectivity index (χ3v) is 4.32. The lowest BCUT2D eigenvalue weighted by atomic mass is 10.3. The molecule has 22 heavy (non-hydrogen) atoms. The molecule has 0 aliphatic rings. The average Bonchev–Trinajstić information content (AvgIpc) is 2.33. The first-order valence-electron chi connectivity index (χ1n) is 6.58. The zero-order valence-corrected chi connectivity index (χ0v) is 14.9. The molecule has 2 amide bonds. The monoisotopic (exact) mass is 367 g/mol. The molecule has 1 aromatic carbocycles. The normalized spacial score (nSPS) is 11.4. The van der Waals surface area contributed by atoms with Gasteiger partial charge in [0, 0.05) is 17.6 Å². The van der Waals surface area contributed by atoms with E-state index in [0.29, 0.717) is 10.7 Å². The van der Waals surface area contributed by atoms with Gasteiger partial charge in [0.15, 0.2) is 0 Å². The summed E-state index contributed by atoms with van der Waals surface area (Å²) in [7, 11) is -3.54. The van der Waals surface area contributed by atoms with Gasteiger partial charge in [-0.3, -0.25) is 4.31 Å². The fraction of sp³-hybridized carbons (Fsp3) is 0.462. The first-order chi connectivity index (χ1) is 10.1. The predicted octanol–water partition coefficient (Wildman–Crippen LogP) is 2.47. The quantitative estimate of drug-likeness (QED) is 0.810. The van der Waals surface area contributed by atoms with Crippen molar-refractivity contribution < 1.29 is 13.2 Å². The molecule has 2 N–H and O–H groups in total. The van der Waals surface area contributed by atoms with Gasteiger partial charge in [-0.1, -0.05) is 23.2 Å². The Morgan fingerprint density at radius 1 is 1.32 bits per heavy atom. The minimum atomic E-state index is -3.54. The second-order valence-corrected chi connectivity index (χ2v) is 7.74. The molecular formula is C13H19Cl2N3O3S. The van der Waals surface area contributed by atoms with Gasteiger partial charge in [0.2, 0.25) is 10.0 Å². The molecule has 0 radical (unpaired) electrons. The number of nitrogens with zero attached hydrogens (tertiary/aromatic N) is 1. The Morgan fingerprint density at radius 2 is 1.95 bits per heavy atom. The van der Waals surface area contributed by atoms with Crippen LogP contribution in [0.25, 0.3) is 0 Å². The number of carbonyl (C=O) groups excluding carboxylic acids is 1. The van der Waals surface area contributed by atoms with Gasteiger partial charge < -0.3 is 10.6 Å². The van der Waals surface area contributed by atoms with Gasteiger partial charge in [-0.15, -0.1) is 0 Å². The highest BCUT2D eigenvalue weighted by Gasteiger charge is 2.20. The van der Waals surface area contributed by atoms with Crippen molar-refractivity contribution in [3.63, 3.8) is 0 Å². The Balaban J connectivity index is 2.81. The number of benzene rings is 1. The van der Waals surface area contributed by atoms with Crippen molar-refractivity contribution in [3.05, 3.63) is 28.2 Å². The molecule has 0 saturated carbocycles. The Kier molecular flexibility index (Phi) is 6.77. The van der Waals surface area contributed by atoms with Crippen molar-refractivity contribution in [2.24, 2.45) is 0 Å². The molecule has 124 valence electrons. The van der Waals surface area contributed by atoms with Crippen LogP contribution < -0.4 is 14.9 Å². The van der Waals surface area contributed by atoms with Crippen LogP contribution in [0.4, 0.5) is 10.5 Å². The van der Waals surface area contributed by atoms with Crippen molar-refractivity contribution in [3.8, 4) is 0 Å². The zero-order valence-electron chi connectivity index (χ0n) is 12.6. The minimum Gasteiger partial charge on any atom is -0.336 e. The summed E-state index contributed by atoms with van der Waals surface area (Å²) in [5, 5.41) is 5.88. The fourth-order valence-corrected chi connectivity index (χ4v) is 3.23. The Bertz CT molecular complexity index is 635. The van der Waals surface area contributed by atoms with E-state index in [2.05, 4.69) is 10.6 Å². The van der Waals surface area contributed by atoms with Gasteiger partial charge in [-0.25, -0.2) is 13.2 Å². The first-order valence-corrected chi connectivity index (χ1v) is 9.19. The van der Waals surface area contributed by atoms with Gasteiger partial charge in [-0.2, -0.15) is 0 Å². The number of urea groups is 1. The number of halogens is 2. The molecule has 6 nitrogen and oxygen atoms in total. The predicted molar refractivity (Wildman–Crippen MR) is 90.3 cm³/mol. The van der Waals surface area contributed by atoms with Crippen LogP contribution >= 0.6 is 23.2 Å². The smallest absolute Gasteiger partial charge is 0.315 e. The molecular weight excluding hydrogens is 349 g/mol. The molecule has 1 rings (SSSR count). The first kappa shape index (κ1) is 18.9. The molecule has 0 bridgehead atoms. The van der Waals surface area contributed by atoms with Gasteiger partial charge in [0.05, 0.1) is 23.5 Å². The van der Waals surface area contributed by atoms with Crippen LogP contribution in [-0.2, 0) is 10.0 Å². The third-order valence-electron chi connectivity index (χ3n) is 2.60. The van der Waals surface area contributed by atoms with Gasteiger partial charge in [-0.05, 0) is 32.0 Å². The number of carbonyl (C=O) groups is 1. The summed E-state index contributed by atoms with van der Waals surface area (Å²) in [4.78, 5) is 11.5. The van der Waals surface area contributed by atoms with E-state index in [4.69, 9.17) is 23.2 Å².